The van der Waals surface area contributed by atoms with E-state index in [4.69, 9.17) is 4.42 Å². The molecule has 3 rings (SSSR count). The van der Waals surface area contributed by atoms with E-state index in [0.717, 1.165) is 12.3 Å². The van der Waals surface area contributed by atoms with Crippen molar-refractivity contribution < 1.29 is 26.9 Å². The van der Waals surface area contributed by atoms with Crippen molar-refractivity contribution in [1.82, 2.24) is 5.32 Å². The Bertz CT molecular complexity index is 1270. The summed E-state index contributed by atoms with van der Waals surface area (Å²) in [7, 11) is -3.57. The van der Waals surface area contributed by atoms with E-state index in [0.29, 0.717) is 23.5 Å². The van der Waals surface area contributed by atoms with Gasteiger partial charge < -0.3 is 15.1 Å². The van der Waals surface area contributed by atoms with Crippen molar-refractivity contribution in [3.05, 3.63) is 76.3 Å². The topological polar surface area (TPSA) is 132 Å². The van der Waals surface area contributed by atoms with Crippen LogP contribution in [0.4, 0.5) is 15.8 Å². The first-order chi connectivity index (χ1) is 15.6. The molecule has 0 saturated heterocycles. The van der Waals surface area contributed by atoms with Crippen LogP contribution < -0.4 is 10.6 Å². The quantitative estimate of drug-likeness (QED) is 0.260. The Hall–Kier alpha value is -3.73. The zero-order valence-electron chi connectivity index (χ0n) is 17.7. The number of anilines is 1. The summed E-state index contributed by atoms with van der Waals surface area (Å²) in [5.74, 6) is 0.289. The van der Waals surface area contributed by atoms with E-state index in [2.05, 4.69) is 10.6 Å². The lowest BCUT2D eigenvalue weighted by molar-refractivity contribution is -0.384. The number of aryl methyl sites for hydroxylation is 1. The second-order valence-electron chi connectivity index (χ2n) is 7.23. The number of rotatable bonds is 10. The Morgan fingerprint density at radius 1 is 1.12 bits per heavy atom. The zero-order chi connectivity index (χ0) is 24.0. The highest BCUT2D eigenvalue weighted by molar-refractivity contribution is 7.90. The number of hydrogen-bond donors (Lipinski definition) is 2. The fourth-order valence-corrected chi connectivity index (χ4v) is 3.73. The van der Waals surface area contributed by atoms with E-state index in [-0.39, 0.29) is 41.7 Å². The minimum atomic E-state index is -3.57. The van der Waals surface area contributed by atoms with Gasteiger partial charge in [-0.25, -0.2) is 12.8 Å². The number of furan rings is 1. The predicted molar refractivity (Wildman–Crippen MR) is 120 cm³/mol. The molecule has 33 heavy (non-hydrogen) atoms. The van der Waals surface area contributed by atoms with Crippen LogP contribution in [0.15, 0.2) is 63.9 Å². The molecule has 2 N–H and O–H groups in total. The van der Waals surface area contributed by atoms with Gasteiger partial charge in [0.15, 0.2) is 9.84 Å². The molecule has 0 aliphatic carbocycles. The maximum Gasteiger partial charge on any atom is 0.293 e. The summed E-state index contributed by atoms with van der Waals surface area (Å²) < 4.78 is 42.6. The van der Waals surface area contributed by atoms with Gasteiger partial charge in [-0.3, -0.25) is 14.9 Å². The van der Waals surface area contributed by atoms with Gasteiger partial charge in [0.25, 0.3) is 5.69 Å². The predicted octanol–water partition coefficient (Wildman–Crippen LogP) is 3.56. The molecule has 0 fully saturated rings. The van der Waals surface area contributed by atoms with Gasteiger partial charge >= 0.3 is 0 Å². The van der Waals surface area contributed by atoms with E-state index in [1.54, 1.807) is 30.3 Å². The Morgan fingerprint density at radius 3 is 2.58 bits per heavy atom. The summed E-state index contributed by atoms with van der Waals surface area (Å²) in [5.41, 5.74) is 0.128. The average molecular weight is 475 g/mol. The third kappa shape index (κ3) is 6.39. The lowest BCUT2D eigenvalue weighted by atomic mass is 10.1. The average Bonchev–Trinajstić information content (AvgIpc) is 3.23. The zero-order valence-corrected chi connectivity index (χ0v) is 18.5. The van der Waals surface area contributed by atoms with Crippen molar-refractivity contribution in [3.63, 3.8) is 0 Å². The van der Waals surface area contributed by atoms with E-state index >= 15 is 0 Å². The molecule has 1 amide bonds. The van der Waals surface area contributed by atoms with Crippen LogP contribution in [-0.2, 0) is 21.1 Å². The van der Waals surface area contributed by atoms with Crippen LogP contribution in [0.3, 0.4) is 0 Å². The second kappa shape index (κ2) is 10.3. The molecule has 11 heteroatoms. The van der Waals surface area contributed by atoms with E-state index in [1.807, 2.05) is 0 Å². The maximum atomic E-state index is 13.8. The molecule has 174 valence electrons. The Balaban J connectivity index is 1.47. The molecular weight excluding hydrogens is 453 g/mol. The number of sulfone groups is 1. The Morgan fingerprint density at radius 2 is 1.88 bits per heavy atom. The number of nitrogens with zero attached hydrogens (tertiary/aromatic N) is 1. The van der Waals surface area contributed by atoms with Crippen LogP contribution in [0.1, 0.15) is 12.2 Å². The van der Waals surface area contributed by atoms with Crippen LogP contribution in [0.5, 0.6) is 0 Å². The molecule has 0 atom stereocenters. The molecule has 2 aromatic carbocycles. The summed E-state index contributed by atoms with van der Waals surface area (Å²) >= 11 is 0. The first kappa shape index (κ1) is 23.9. The maximum absolute atomic E-state index is 13.8. The summed E-state index contributed by atoms with van der Waals surface area (Å²) in [6.45, 7) is 0.394. The normalized spacial score (nSPS) is 11.2. The Labute approximate surface area is 189 Å². The molecule has 0 unspecified atom stereocenters. The van der Waals surface area contributed by atoms with Gasteiger partial charge in [-0.2, -0.15) is 0 Å². The highest BCUT2D eigenvalue weighted by Gasteiger charge is 2.18. The van der Waals surface area contributed by atoms with Gasteiger partial charge in [0.05, 0.1) is 15.4 Å². The number of hydrogen-bond acceptors (Lipinski definition) is 7. The van der Waals surface area contributed by atoms with Crippen molar-refractivity contribution in [2.45, 2.75) is 17.7 Å². The monoisotopic (exact) mass is 475 g/mol. The fourth-order valence-electron chi connectivity index (χ4n) is 3.08. The highest BCUT2D eigenvalue weighted by atomic mass is 32.2. The molecule has 0 aliphatic heterocycles. The molecule has 3 aromatic rings. The SMILES string of the molecule is CS(=O)(=O)c1ccc(NCCNC(=O)CCc2ccc(-c3ccccc3F)o2)c([N+](=O)[O-])c1. The largest absolute Gasteiger partial charge is 0.461 e. The molecule has 0 bridgehead atoms. The molecule has 0 aliphatic rings. The van der Waals surface area contributed by atoms with Crippen LogP contribution in [0.2, 0.25) is 0 Å². The first-order valence-electron chi connectivity index (χ1n) is 9.98. The number of carbonyl (C=O) groups excluding carboxylic acids is 1. The second-order valence-corrected chi connectivity index (χ2v) is 9.25. The minimum Gasteiger partial charge on any atom is -0.461 e. The smallest absolute Gasteiger partial charge is 0.293 e. The van der Waals surface area contributed by atoms with Gasteiger partial charge in [-0.1, -0.05) is 12.1 Å². The number of benzene rings is 2. The number of halogens is 1. The van der Waals surface area contributed by atoms with Crippen molar-refractivity contribution in [1.29, 1.82) is 0 Å². The first-order valence-corrected chi connectivity index (χ1v) is 11.9. The number of nitro benzene ring substituents is 1. The molecule has 1 aromatic heterocycles. The fraction of sp³-hybridized carbons (Fsp3) is 0.227. The van der Waals surface area contributed by atoms with E-state index in [1.165, 1.54) is 18.2 Å². The number of amides is 1. The van der Waals surface area contributed by atoms with Crippen molar-refractivity contribution in [2.75, 3.05) is 24.7 Å². The van der Waals surface area contributed by atoms with Crippen molar-refractivity contribution >= 4 is 27.1 Å². The van der Waals surface area contributed by atoms with Gasteiger partial charge in [-0.15, -0.1) is 0 Å². The summed E-state index contributed by atoms with van der Waals surface area (Å²) in [6, 6.07) is 13.2. The molecular formula is C22H22FN3O6S. The van der Waals surface area contributed by atoms with Crippen LogP contribution in [-0.4, -0.2) is 38.6 Å². The van der Waals surface area contributed by atoms with Gasteiger partial charge in [0, 0.05) is 38.3 Å². The molecule has 0 radical (unpaired) electrons. The molecule has 1 heterocycles. The van der Waals surface area contributed by atoms with Crippen molar-refractivity contribution in [3.8, 4) is 11.3 Å². The van der Waals surface area contributed by atoms with Crippen LogP contribution in [0.25, 0.3) is 11.3 Å². The lowest BCUT2D eigenvalue weighted by Crippen LogP contribution is -2.29. The molecule has 0 saturated carbocycles. The third-order valence-electron chi connectivity index (χ3n) is 4.76. The van der Waals surface area contributed by atoms with Crippen molar-refractivity contribution in [2.24, 2.45) is 0 Å². The van der Waals surface area contributed by atoms with Gasteiger partial charge in [-0.05, 0) is 36.4 Å². The molecule has 0 spiro atoms. The van der Waals surface area contributed by atoms with Gasteiger partial charge in [0.1, 0.15) is 23.0 Å². The number of carbonyl (C=O) groups is 1. The minimum absolute atomic E-state index is 0.146. The standard InChI is InChI=1S/C22H22FN3O6S/c1-33(30,31)16-8-9-19(20(14-16)26(28)29)24-12-13-25-22(27)11-7-15-6-10-21(32-15)17-4-2-3-5-18(17)23/h2-6,8-10,14,24H,7,11-13H2,1H3,(H,25,27). The van der Waals surface area contributed by atoms with E-state index < -0.39 is 20.6 Å². The highest BCUT2D eigenvalue weighted by Crippen LogP contribution is 2.27. The molecule has 9 nitrogen and oxygen atoms in total. The summed E-state index contributed by atoms with van der Waals surface area (Å²) in [6.07, 6.45) is 1.44. The third-order valence-corrected chi connectivity index (χ3v) is 5.87. The lowest BCUT2D eigenvalue weighted by Gasteiger charge is -2.09. The van der Waals surface area contributed by atoms with Crippen LogP contribution in [0, 0.1) is 15.9 Å². The van der Waals surface area contributed by atoms with E-state index in [9.17, 15) is 27.7 Å². The number of nitrogens with one attached hydrogen (secondary N) is 2. The van der Waals surface area contributed by atoms with Crippen LogP contribution >= 0.6 is 0 Å². The summed E-state index contributed by atoms with van der Waals surface area (Å²) in [4.78, 5) is 22.5. The summed E-state index contributed by atoms with van der Waals surface area (Å²) in [5, 5.41) is 16.8. The number of nitro groups is 1. The van der Waals surface area contributed by atoms with Gasteiger partial charge in [0.2, 0.25) is 5.91 Å². The Kier molecular flexibility index (Phi) is 7.44.